The number of benzene rings is 2. The van der Waals surface area contributed by atoms with E-state index >= 15 is 0 Å². The molecule has 2 heterocycles. The van der Waals surface area contributed by atoms with Gasteiger partial charge in [-0.2, -0.15) is 4.31 Å². The average Bonchev–Trinajstić information content (AvgIpc) is 3.24. The van der Waals surface area contributed by atoms with E-state index in [0.29, 0.717) is 31.0 Å². The molecule has 2 aromatic carbocycles. The van der Waals surface area contributed by atoms with Crippen LogP contribution in [0.25, 0.3) is 0 Å². The predicted molar refractivity (Wildman–Crippen MR) is 118 cm³/mol. The van der Waals surface area contributed by atoms with E-state index in [1.165, 1.54) is 0 Å². The number of rotatable bonds is 6. The molecular weight excluding hydrogens is 398 g/mol. The number of para-hydroxylation sites is 1. The fourth-order valence-electron chi connectivity index (χ4n) is 4.19. The zero-order chi connectivity index (χ0) is 21.0. The number of nitrogens with zero attached hydrogens (tertiary/aromatic N) is 2. The molecule has 4 rings (SSSR count). The third-order valence-corrected chi connectivity index (χ3v) is 7.83. The monoisotopic (exact) mass is 427 g/mol. The summed E-state index contributed by atoms with van der Waals surface area (Å²) in [7, 11) is -3.43. The molecule has 0 aromatic heterocycles. The highest BCUT2D eigenvalue weighted by atomic mass is 32.2. The van der Waals surface area contributed by atoms with Crippen molar-refractivity contribution >= 4 is 21.6 Å². The predicted octanol–water partition coefficient (Wildman–Crippen LogP) is 3.12. The number of carbonyl (C=O) groups excluding carboxylic acids is 1. The zero-order valence-corrected chi connectivity index (χ0v) is 18.0. The minimum absolute atomic E-state index is 0.0824. The summed E-state index contributed by atoms with van der Waals surface area (Å²) in [5.74, 6) is 0.0824. The highest BCUT2D eigenvalue weighted by Crippen LogP contribution is 2.22. The zero-order valence-electron chi connectivity index (χ0n) is 17.2. The average molecular weight is 428 g/mol. The Balaban J connectivity index is 1.33. The lowest BCUT2D eigenvalue weighted by molar-refractivity contribution is -0.129. The molecule has 1 atom stereocenters. The van der Waals surface area contributed by atoms with Gasteiger partial charge in [0.1, 0.15) is 0 Å². The minimum atomic E-state index is -3.43. The fraction of sp³-hybridized carbons (Fsp3) is 0.435. The van der Waals surface area contributed by atoms with Crippen LogP contribution in [-0.2, 0) is 21.2 Å². The van der Waals surface area contributed by atoms with Crippen molar-refractivity contribution in [1.82, 2.24) is 9.21 Å². The highest BCUT2D eigenvalue weighted by molar-refractivity contribution is 7.89. The lowest BCUT2D eigenvalue weighted by Crippen LogP contribution is -2.35. The number of hydrogen-bond acceptors (Lipinski definition) is 4. The summed E-state index contributed by atoms with van der Waals surface area (Å²) in [4.78, 5) is 14.9. The molecule has 0 aliphatic carbocycles. The Hall–Kier alpha value is -2.38. The molecule has 1 unspecified atom stereocenters. The highest BCUT2D eigenvalue weighted by Gasteiger charge is 2.27. The first-order valence-corrected chi connectivity index (χ1v) is 12.1. The summed E-state index contributed by atoms with van der Waals surface area (Å²) < 4.78 is 27.1. The summed E-state index contributed by atoms with van der Waals surface area (Å²) in [6, 6.07) is 17.1. The molecule has 2 saturated heterocycles. The number of likely N-dealkylation sites (tertiary alicyclic amines) is 1. The number of piperidine rings is 1. The van der Waals surface area contributed by atoms with Gasteiger partial charge in [-0.05, 0) is 49.1 Å². The van der Waals surface area contributed by atoms with E-state index in [9.17, 15) is 13.2 Å². The van der Waals surface area contributed by atoms with E-state index in [1.807, 2.05) is 35.2 Å². The first-order valence-electron chi connectivity index (χ1n) is 10.7. The maximum Gasteiger partial charge on any atom is 0.243 e. The van der Waals surface area contributed by atoms with Gasteiger partial charge in [0.05, 0.1) is 11.3 Å². The van der Waals surface area contributed by atoms with Gasteiger partial charge in [-0.15, -0.1) is 0 Å². The van der Waals surface area contributed by atoms with Crippen LogP contribution in [0.3, 0.4) is 0 Å². The number of carbonyl (C=O) groups is 1. The Morgan fingerprint density at radius 1 is 0.933 bits per heavy atom. The molecule has 0 bridgehead atoms. The van der Waals surface area contributed by atoms with Crippen molar-refractivity contribution in [2.45, 2.75) is 43.0 Å². The fourth-order valence-corrected chi connectivity index (χ4v) is 5.71. The lowest BCUT2D eigenvalue weighted by atomic mass is 10.1. The molecule has 0 spiro atoms. The van der Waals surface area contributed by atoms with Gasteiger partial charge in [0.25, 0.3) is 0 Å². The van der Waals surface area contributed by atoms with Crippen LogP contribution in [0, 0.1) is 0 Å². The maximum atomic E-state index is 12.8. The van der Waals surface area contributed by atoms with Crippen molar-refractivity contribution in [3.63, 3.8) is 0 Å². The third-order valence-electron chi connectivity index (χ3n) is 5.92. The molecule has 2 fully saturated rings. The quantitative estimate of drug-likeness (QED) is 0.769. The SMILES string of the molecule is O=C(Cc1ccc(S(=O)(=O)N2CCCCC2)cc1)N1CCC(Nc2ccccc2)C1. The number of nitrogens with one attached hydrogen (secondary N) is 1. The number of anilines is 1. The largest absolute Gasteiger partial charge is 0.380 e. The van der Waals surface area contributed by atoms with E-state index in [2.05, 4.69) is 5.32 Å². The summed E-state index contributed by atoms with van der Waals surface area (Å²) >= 11 is 0. The Kier molecular flexibility index (Phi) is 6.39. The molecule has 2 aliphatic heterocycles. The van der Waals surface area contributed by atoms with Crippen LogP contribution < -0.4 is 5.32 Å². The topological polar surface area (TPSA) is 69.7 Å². The second kappa shape index (κ2) is 9.18. The van der Waals surface area contributed by atoms with E-state index in [0.717, 1.165) is 43.5 Å². The Morgan fingerprint density at radius 2 is 1.63 bits per heavy atom. The van der Waals surface area contributed by atoms with Crippen LogP contribution in [-0.4, -0.2) is 55.8 Å². The smallest absolute Gasteiger partial charge is 0.243 e. The summed E-state index contributed by atoms with van der Waals surface area (Å²) in [5.41, 5.74) is 1.92. The van der Waals surface area contributed by atoms with Gasteiger partial charge in [-0.25, -0.2) is 8.42 Å². The van der Waals surface area contributed by atoms with Gasteiger partial charge in [-0.3, -0.25) is 4.79 Å². The lowest BCUT2D eigenvalue weighted by Gasteiger charge is -2.25. The first kappa shape index (κ1) is 20.9. The molecule has 6 nitrogen and oxygen atoms in total. The molecule has 160 valence electrons. The molecular formula is C23H29N3O3S. The Labute approximate surface area is 178 Å². The molecule has 0 radical (unpaired) electrons. The van der Waals surface area contributed by atoms with Crippen molar-refractivity contribution in [3.8, 4) is 0 Å². The van der Waals surface area contributed by atoms with Crippen LogP contribution in [0.15, 0.2) is 59.5 Å². The molecule has 1 amide bonds. The van der Waals surface area contributed by atoms with Gasteiger partial charge in [0.2, 0.25) is 15.9 Å². The normalized spacial score (nSPS) is 20.3. The Bertz CT molecular complexity index is 955. The van der Waals surface area contributed by atoms with Crippen LogP contribution in [0.2, 0.25) is 0 Å². The van der Waals surface area contributed by atoms with Gasteiger partial charge < -0.3 is 10.2 Å². The van der Waals surface area contributed by atoms with Crippen LogP contribution >= 0.6 is 0 Å². The Morgan fingerprint density at radius 3 is 2.33 bits per heavy atom. The first-order chi connectivity index (χ1) is 14.5. The summed E-state index contributed by atoms with van der Waals surface area (Å²) in [6.45, 7) is 2.62. The molecule has 30 heavy (non-hydrogen) atoms. The van der Waals surface area contributed by atoms with Crippen molar-refractivity contribution in [3.05, 3.63) is 60.2 Å². The molecule has 1 N–H and O–H groups in total. The molecule has 2 aromatic rings. The van der Waals surface area contributed by atoms with Crippen LogP contribution in [0.5, 0.6) is 0 Å². The number of amides is 1. The van der Waals surface area contributed by atoms with Gasteiger partial charge >= 0.3 is 0 Å². The van der Waals surface area contributed by atoms with E-state index in [4.69, 9.17) is 0 Å². The summed E-state index contributed by atoms with van der Waals surface area (Å²) in [5, 5.41) is 3.48. The molecule has 2 aliphatic rings. The standard InChI is InChI=1S/C23H29N3O3S/c27-23(25-16-13-21(18-25)24-20-7-3-1-4-8-20)17-19-9-11-22(12-10-19)30(28,29)26-14-5-2-6-15-26/h1,3-4,7-12,21,24H,2,5-6,13-18H2. The second-order valence-electron chi connectivity index (χ2n) is 8.12. The maximum absolute atomic E-state index is 12.8. The van der Waals surface area contributed by atoms with Crippen molar-refractivity contribution < 1.29 is 13.2 Å². The van der Waals surface area contributed by atoms with E-state index in [-0.39, 0.29) is 11.9 Å². The minimum Gasteiger partial charge on any atom is -0.380 e. The van der Waals surface area contributed by atoms with Crippen LogP contribution in [0.1, 0.15) is 31.2 Å². The van der Waals surface area contributed by atoms with Gasteiger partial charge in [-0.1, -0.05) is 36.8 Å². The third kappa shape index (κ3) is 4.84. The van der Waals surface area contributed by atoms with E-state index < -0.39 is 10.0 Å². The van der Waals surface area contributed by atoms with Crippen molar-refractivity contribution in [2.75, 3.05) is 31.5 Å². The van der Waals surface area contributed by atoms with Crippen molar-refractivity contribution in [1.29, 1.82) is 0 Å². The summed E-state index contributed by atoms with van der Waals surface area (Å²) in [6.07, 6.45) is 4.14. The van der Waals surface area contributed by atoms with E-state index in [1.54, 1.807) is 28.6 Å². The van der Waals surface area contributed by atoms with Gasteiger partial charge in [0, 0.05) is 37.9 Å². The second-order valence-corrected chi connectivity index (χ2v) is 10.1. The number of hydrogen-bond donors (Lipinski definition) is 1. The molecule has 0 saturated carbocycles. The number of sulfonamides is 1. The van der Waals surface area contributed by atoms with Crippen molar-refractivity contribution in [2.24, 2.45) is 0 Å². The van der Waals surface area contributed by atoms with Gasteiger partial charge in [0.15, 0.2) is 0 Å². The van der Waals surface area contributed by atoms with Crippen LogP contribution in [0.4, 0.5) is 5.69 Å². The molecule has 7 heteroatoms.